The number of nitrogens with two attached hydrogens (primary N) is 1. The number of hydrogen-bond acceptors (Lipinski definition) is 8. The van der Waals surface area contributed by atoms with Crippen LogP contribution in [-0.4, -0.2) is 32.6 Å². The molecule has 2 aromatic heterocycles. The summed E-state index contributed by atoms with van der Waals surface area (Å²) in [4.78, 5) is 8.83. The highest BCUT2D eigenvalue weighted by Crippen LogP contribution is 2.39. The highest BCUT2D eigenvalue weighted by Gasteiger charge is 2.28. The van der Waals surface area contributed by atoms with Crippen LogP contribution < -0.4 is 19.5 Å². The number of sulfonamides is 1. The van der Waals surface area contributed by atoms with Gasteiger partial charge in [-0.25, -0.2) is 17.7 Å². The zero-order valence-corrected chi connectivity index (χ0v) is 21.8. The Kier molecular flexibility index (Phi) is 6.68. The number of thiazole rings is 1. The summed E-state index contributed by atoms with van der Waals surface area (Å²) < 4.78 is 39.9. The summed E-state index contributed by atoms with van der Waals surface area (Å²) in [5.41, 5.74) is 9.63. The molecular weight excluding hydrogens is 508 g/mol. The third-order valence-corrected chi connectivity index (χ3v) is 8.59. The van der Waals surface area contributed by atoms with E-state index >= 15 is 0 Å². The molecule has 188 valence electrons. The maximum absolute atomic E-state index is 13.9. The van der Waals surface area contributed by atoms with Crippen molar-refractivity contribution in [3.8, 4) is 22.6 Å². The van der Waals surface area contributed by atoms with Crippen LogP contribution in [0.3, 0.4) is 0 Å². The van der Waals surface area contributed by atoms with E-state index in [1.54, 1.807) is 56.1 Å². The molecule has 5 rings (SSSR count). The summed E-state index contributed by atoms with van der Waals surface area (Å²) in [6.45, 7) is 0.111. The number of hydrogen-bond donors (Lipinski definition) is 1. The molecular formula is C27H24N4O4S2. The molecule has 0 unspecified atom stereocenters. The molecule has 0 saturated heterocycles. The van der Waals surface area contributed by atoms with E-state index in [4.69, 9.17) is 15.2 Å². The molecule has 0 amide bonds. The second kappa shape index (κ2) is 10.1. The molecule has 0 saturated carbocycles. The maximum atomic E-state index is 13.9. The average Bonchev–Trinajstić information content (AvgIpc) is 3.46. The van der Waals surface area contributed by atoms with Crippen LogP contribution in [0.15, 0.2) is 89.4 Å². The molecule has 0 radical (unpaired) electrons. The Hall–Kier alpha value is -4.15. The Labute approximate surface area is 219 Å². The van der Waals surface area contributed by atoms with E-state index in [1.807, 2.05) is 36.4 Å². The van der Waals surface area contributed by atoms with Crippen molar-refractivity contribution in [3.63, 3.8) is 0 Å². The van der Waals surface area contributed by atoms with Crippen molar-refractivity contribution in [2.45, 2.75) is 11.4 Å². The van der Waals surface area contributed by atoms with Crippen molar-refractivity contribution >= 4 is 43.1 Å². The Balaban J connectivity index is 1.60. The summed E-state index contributed by atoms with van der Waals surface area (Å²) in [6, 6.07) is 19.7. The molecule has 0 aliphatic heterocycles. The van der Waals surface area contributed by atoms with Crippen LogP contribution in [0.5, 0.6) is 11.5 Å². The Morgan fingerprint density at radius 1 is 0.973 bits per heavy atom. The van der Waals surface area contributed by atoms with Gasteiger partial charge in [-0.1, -0.05) is 36.4 Å². The first-order chi connectivity index (χ1) is 17.9. The van der Waals surface area contributed by atoms with Gasteiger partial charge in [-0.3, -0.25) is 4.98 Å². The van der Waals surface area contributed by atoms with E-state index in [9.17, 15) is 8.42 Å². The zero-order chi connectivity index (χ0) is 26.0. The van der Waals surface area contributed by atoms with Crippen molar-refractivity contribution in [1.29, 1.82) is 0 Å². The molecule has 37 heavy (non-hydrogen) atoms. The van der Waals surface area contributed by atoms with Gasteiger partial charge in [0, 0.05) is 28.1 Å². The number of rotatable bonds is 8. The first kappa shape index (κ1) is 24.5. The number of anilines is 2. The minimum Gasteiger partial charge on any atom is -0.497 e. The van der Waals surface area contributed by atoms with Crippen molar-refractivity contribution < 1.29 is 17.9 Å². The molecule has 2 N–H and O–H groups in total. The molecule has 0 atom stereocenters. The number of aromatic nitrogens is 2. The van der Waals surface area contributed by atoms with Crippen LogP contribution >= 0.6 is 11.3 Å². The summed E-state index contributed by atoms with van der Waals surface area (Å²) >= 11 is 1.25. The van der Waals surface area contributed by atoms with Gasteiger partial charge in [0.1, 0.15) is 11.5 Å². The first-order valence-corrected chi connectivity index (χ1v) is 13.6. The molecule has 8 nitrogen and oxygen atoms in total. The fourth-order valence-electron chi connectivity index (χ4n) is 4.12. The predicted molar refractivity (Wildman–Crippen MR) is 147 cm³/mol. The molecule has 0 bridgehead atoms. The number of methoxy groups -OCH3 is 2. The lowest BCUT2D eigenvalue weighted by Gasteiger charge is -2.22. The van der Waals surface area contributed by atoms with Gasteiger partial charge in [-0.05, 0) is 35.9 Å². The molecule has 2 heterocycles. The van der Waals surface area contributed by atoms with Crippen LogP contribution in [0.2, 0.25) is 0 Å². The van der Waals surface area contributed by atoms with E-state index in [2.05, 4.69) is 9.97 Å². The van der Waals surface area contributed by atoms with Crippen LogP contribution in [0.4, 0.5) is 10.8 Å². The minimum atomic E-state index is -3.98. The van der Waals surface area contributed by atoms with Gasteiger partial charge in [-0.2, -0.15) is 0 Å². The average molecular weight is 533 g/mol. The van der Waals surface area contributed by atoms with Gasteiger partial charge in [0.15, 0.2) is 5.13 Å². The smallest absolute Gasteiger partial charge is 0.266 e. The second-order valence-corrected chi connectivity index (χ2v) is 10.9. The van der Waals surface area contributed by atoms with Crippen LogP contribution in [0, 0.1) is 0 Å². The molecule has 3 aromatic carbocycles. The number of fused-ring (bicyclic) bond motifs is 1. The van der Waals surface area contributed by atoms with Crippen LogP contribution in [0.25, 0.3) is 22.0 Å². The Morgan fingerprint density at radius 3 is 2.46 bits per heavy atom. The normalized spacial score (nSPS) is 11.4. The van der Waals surface area contributed by atoms with E-state index in [1.165, 1.54) is 21.8 Å². The number of nitrogen functional groups attached to an aromatic ring is 1. The summed E-state index contributed by atoms with van der Waals surface area (Å²) in [5, 5.41) is 2.84. The van der Waals surface area contributed by atoms with E-state index in [0.29, 0.717) is 27.8 Å². The highest BCUT2D eigenvalue weighted by molar-refractivity contribution is 7.93. The van der Waals surface area contributed by atoms with Crippen molar-refractivity contribution in [1.82, 2.24) is 9.97 Å². The lowest BCUT2D eigenvalue weighted by atomic mass is 9.99. The predicted octanol–water partition coefficient (Wildman–Crippen LogP) is 5.35. The SMILES string of the molecule is COc1ccc(CN(c2nccs2)S(=O)(=O)c2ccc3c(-c4ccccc4OC)c(N)cnc3c2)cc1. The molecule has 10 heteroatoms. The zero-order valence-electron chi connectivity index (χ0n) is 20.2. The lowest BCUT2D eigenvalue weighted by molar-refractivity contribution is 0.414. The topological polar surface area (TPSA) is 108 Å². The quantitative estimate of drug-likeness (QED) is 0.287. The number of nitrogens with zero attached hydrogens (tertiary/aromatic N) is 3. The molecule has 0 aliphatic carbocycles. The van der Waals surface area contributed by atoms with Gasteiger partial charge in [0.2, 0.25) is 0 Å². The van der Waals surface area contributed by atoms with Gasteiger partial charge in [0.25, 0.3) is 10.0 Å². The van der Waals surface area contributed by atoms with Gasteiger partial charge >= 0.3 is 0 Å². The second-order valence-electron chi connectivity index (χ2n) is 8.14. The number of ether oxygens (including phenoxy) is 2. The number of para-hydroxylation sites is 1. The minimum absolute atomic E-state index is 0.104. The van der Waals surface area contributed by atoms with Crippen LogP contribution in [0.1, 0.15) is 5.56 Å². The molecule has 5 aromatic rings. The van der Waals surface area contributed by atoms with Crippen molar-refractivity contribution in [2.75, 3.05) is 24.3 Å². The Morgan fingerprint density at radius 2 is 1.76 bits per heavy atom. The standard InChI is InChI=1S/C27H24N4O4S2/c1-34-19-9-7-18(8-10-19)17-31(27-29-13-14-36-27)37(32,33)20-11-12-21-24(15-20)30-16-23(28)26(21)22-5-3-4-6-25(22)35-2/h3-16H,17,28H2,1-2H3. The largest absolute Gasteiger partial charge is 0.497 e. The summed E-state index contributed by atoms with van der Waals surface area (Å²) in [7, 11) is -0.794. The number of benzene rings is 3. The molecule has 0 aliphatic rings. The van der Waals surface area contributed by atoms with Gasteiger partial charge < -0.3 is 15.2 Å². The van der Waals surface area contributed by atoms with Crippen LogP contribution in [-0.2, 0) is 16.6 Å². The van der Waals surface area contributed by atoms with Crippen molar-refractivity contribution in [3.05, 3.63) is 90.1 Å². The maximum Gasteiger partial charge on any atom is 0.266 e. The molecule has 0 fully saturated rings. The summed E-state index contributed by atoms with van der Waals surface area (Å²) in [6.07, 6.45) is 3.12. The van der Waals surface area contributed by atoms with E-state index in [-0.39, 0.29) is 11.4 Å². The Bertz CT molecular complexity index is 1650. The highest BCUT2D eigenvalue weighted by atomic mass is 32.2. The first-order valence-electron chi connectivity index (χ1n) is 11.3. The lowest BCUT2D eigenvalue weighted by Crippen LogP contribution is -2.30. The fourth-order valence-corrected chi connectivity index (χ4v) is 6.42. The van der Waals surface area contributed by atoms with Gasteiger partial charge in [-0.15, -0.1) is 11.3 Å². The van der Waals surface area contributed by atoms with E-state index in [0.717, 1.165) is 22.1 Å². The third-order valence-electron chi connectivity index (χ3n) is 5.95. The number of pyridine rings is 1. The van der Waals surface area contributed by atoms with E-state index < -0.39 is 10.0 Å². The fraction of sp³-hybridized carbons (Fsp3) is 0.111. The van der Waals surface area contributed by atoms with Gasteiger partial charge in [0.05, 0.1) is 43.1 Å². The molecule has 0 spiro atoms. The summed E-state index contributed by atoms with van der Waals surface area (Å²) in [5.74, 6) is 1.35. The monoisotopic (exact) mass is 532 g/mol. The van der Waals surface area contributed by atoms with Crippen molar-refractivity contribution in [2.24, 2.45) is 0 Å². The third kappa shape index (κ3) is 4.68.